The molecule has 0 aromatic heterocycles. The Morgan fingerprint density at radius 3 is 2.40 bits per heavy atom. The molecule has 1 aromatic carbocycles. The van der Waals surface area contributed by atoms with Gasteiger partial charge in [-0.05, 0) is 17.8 Å². The van der Waals surface area contributed by atoms with Gasteiger partial charge in [0, 0.05) is 2.85 Å². The fourth-order valence-electron chi connectivity index (χ4n) is 0.963. The van der Waals surface area contributed by atoms with Gasteiger partial charge in [0.1, 0.15) is 0 Å². The summed E-state index contributed by atoms with van der Waals surface area (Å²) in [5.74, 6) is -0.182. The van der Waals surface area contributed by atoms with E-state index in [2.05, 4.69) is 17.5 Å². The summed E-state index contributed by atoms with van der Waals surface area (Å²) >= 11 is 4.53. The van der Waals surface area contributed by atoms with Gasteiger partial charge in [-0.25, -0.2) is 0 Å². The molecule has 86 valence electrons. The Hall–Kier alpha value is -1.42. The number of hydrogen-bond donors (Lipinski definition) is 2. The zero-order valence-corrected chi connectivity index (χ0v) is 9.80. The van der Waals surface area contributed by atoms with Gasteiger partial charge in [-0.15, -0.1) is 0 Å². The molecule has 0 bridgehead atoms. The third-order valence-electron chi connectivity index (χ3n) is 1.47. The maximum atomic E-state index is 11.1. The highest BCUT2D eigenvalue weighted by molar-refractivity contribution is 7.80. The van der Waals surface area contributed by atoms with Gasteiger partial charge < -0.3 is 11.1 Å². The first-order chi connectivity index (χ1) is 7.18. The minimum Gasteiger partial charge on any atom is -0.376 e. The zero-order chi connectivity index (χ0) is 11.7. The summed E-state index contributed by atoms with van der Waals surface area (Å²) in [4.78, 5) is 11.1. The molecule has 0 fully saturated rings. The van der Waals surface area contributed by atoms with Crippen molar-refractivity contribution in [1.29, 1.82) is 0 Å². The van der Waals surface area contributed by atoms with E-state index in [0.717, 1.165) is 5.56 Å². The Morgan fingerprint density at radius 2 is 1.93 bits per heavy atom. The van der Waals surface area contributed by atoms with Crippen LogP contribution in [0, 0.1) is 0 Å². The summed E-state index contributed by atoms with van der Waals surface area (Å²) in [5.41, 5.74) is 6.09. The molecule has 4 heteroatoms. The molecular formula is C11H20N2OS. The fraction of sp³-hybridized carbons (Fsp3) is 0.273. The van der Waals surface area contributed by atoms with Crippen molar-refractivity contribution < 1.29 is 7.65 Å². The van der Waals surface area contributed by atoms with Gasteiger partial charge in [-0.2, -0.15) is 0 Å². The van der Waals surface area contributed by atoms with Crippen molar-refractivity contribution in [1.82, 2.24) is 5.32 Å². The first kappa shape index (κ1) is 13.6. The second-order valence-electron chi connectivity index (χ2n) is 2.57. The van der Waals surface area contributed by atoms with Crippen molar-refractivity contribution in [3.63, 3.8) is 0 Å². The van der Waals surface area contributed by atoms with E-state index in [-0.39, 0.29) is 13.9 Å². The number of nitrogens with one attached hydrogen (secondary N) is 1. The first-order valence-electron chi connectivity index (χ1n) is 4.81. The summed E-state index contributed by atoms with van der Waals surface area (Å²) in [6.07, 6.45) is 0.304. The van der Waals surface area contributed by atoms with Crippen molar-refractivity contribution in [3.05, 3.63) is 35.9 Å². The molecule has 0 heterocycles. The van der Waals surface area contributed by atoms with Gasteiger partial charge in [0.15, 0.2) is 5.11 Å². The van der Waals surface area contributed by atoms with Crippen LogP contribution in [0.5, 0.6) is 0 Å². The number of rotatable bonds is 2. The number of carbonyl (C=O) groups excluding carboxylic acids is 1. The van der Waals surface area contributed by atoms with E-state index < -0.39 is 0 Å². The lowest BCUT2D eigenvalue weighted by Gasteiger charge is -2.01. The molecule has 0 saturated heterocycles. The number of hydrogen-bond acceptors (Lipinski definition) is 2. The molecule has 1 rings (SSSR count). The summed E-state index contributed by atoms with van der Waals surface area (Å²) < 4.78 is 0. The van der Waals surface area contributed by atoms with Crippen LogP contribution in [0.2, 0.25) is 0 Å². The molecule has 3 N–H and O–H groups in total. The van der Waals surface area contributed by atoms with E-state index in [1.54, 1.807) is 0 Å². The molecule has 15 heavy (non-hydrogen) atoms. The summed E-state index contributed by atoms with van der Waals surface area (Å²) in [6, 6.07) is 9.40. The van der Waals surface area contributed by atoms with Crippen LogP contribution in [-0.4, -0.2) is 11.0 Å². The Labute approximate surface area is 98.6 Å². The predicted molar refractivity (Wildman–Crippen MR) is 70.7 cm³/mol. The Balaban J connectivity index is -0.000000464. The molecule has 1 amide bonds. The van der Waals surface area contributed by atoms with Crippen LogP contribution in [0.1, 0.15) is 22.3 Å². The number of benzene rings is 1. The highest BCUT2D eigenvalue weighted by Crippen LogP contribution is 1.98. The number of thiocarbonyl (C=S) groups is 1. The van der Waals surface area contributed by atoms with Gasteiger partial charge in [0.25, 0.3) is 0 Å². The van der Waals surface area contributed by atoms with E-state index in [1.807, 2.05) is 44.2 Å². The lowest BCUT2D eigenvalue weighted by atomic mass is 10.1. The smallest absolute Gasteiger partial charge is 0.230 e. The average Bonchev–Trinajstić information content (AvgIpc) is 2.21. The molecule has 0 unspecified atom stereocenters. The van der Waals surface area contributed by atoms with Gasteiger partial charge in [0.05, 0.1) is 6.42 Å². The third kappa shape index (κ3) is 6.62. The highest BCUT2D eigenvalue weighted by atomic mass is 32.1. The first-order valence-corrected chi connectivity index (χ1v) is 5.22. The SMILES string of the molecule is CC.NC(=S)NC(=O)Cc1ccccc1.[HH].[HH]. The van der Waals surface area contributed by atoms with Crippen molar-refractivity contribution in [2.75, 3.05) is 0 Å². The monoisotopic (exact) mass is 228 g/mol. The highest BCUT2D eigenvalue weighted by Gasteiger charge is 2.02. The third-order valence-corrected chi connectivity index (χ3v) is 1.57. The molecule has 0 aliphatic heterocycles. The molecule has 3 nitrogen and oxygen atoms in total. The lowest BCUT2D eigenvalue weighted by Crippen LogP contribution is -2.35. The van der Waals surface area contributed by atoms with Gasteiger partial charge in [-0.3, -0.25) is 4.79 Å². The van der Waals surface area contributed by atoms with Crippen molar-refractivity contribution in [3.8, 4) is 0 Å². The van der Waals surface area contributed by atoms with Crippen LogP contribution in [0.4, 0.5) is 0 Å². The minimum atomic E-state index is -0.182. The lowest BCUT2D eigenvalue weighted by molar-refractivity contribution is -0.119. The molecule has 0 saturated carbocycles. The normalized spacial score (nSPS) is 8.40. The number of carbonyl (C=O) groups is 1. The van der Waals surface area contributed by atoms with Gasteiger partial charge >= 0.3 is 0 Å². The fourth-order valence-corrected chi connectivity index (χ4v) is 1.08. The van der Waals surface area contributed by atoms with Gasteiger partial charge in [0.2, 0.25) is 5.91 Å². The van der Waals surface area contributed by atoms with E-state index in [9.17, 15) is 4.79 Å². The second kappa shape index (κ2) is 7.94. The minimum absolute atomic E-state index is 0. The largest absolute Gasteiger partial charge is 0.376 e. The standard InChI is InChI=1S/C9H10N2OS.C2H6.2H2/c10-9(13)11-8(12)6-7-4-2-1-3-5-7;1-2;;/h1-5H,6H2,(H3,10,11,12,13);1-2H3;2*1H. The molecule has 1 aromatic rings. The second-order valence-corrected chi connectivity index (χ2v) is 3.01. The van der Waals surface area contributed by atoms with Crippen LogP contribution < -0.4 is 11.1 Å². The van der Waals surface area contributed by atoms with Crippen LogP contribution in [0.15, 0.2) is 30.3 Å². The maximum absolute atomic E-state index is 11.1. The van der Waals surface area contributed by atoms with E-state index in [4.69, 9.17) is 5.73 Å². The molecular weight excluding hydrogens is 208 g/mol. The van der Waals surface area contributed by atoms with Crippen LogP contribution in [0.25, 0.3) is 0 Å². The van der Waals surface area contributed by atoms with Crippen molar-refractivity contribution in [2.24, 2.45) is 5.73 Å². The average molecular weight is 228 g/mol. The van der Waals surface area contributed by atoms with E-state index >= 15 is 0 Å². The van der Waals surface area contributed by atoms with E-state index in [1.165, 1.54) is 0 Å². The topological polar surface area (TPSA) is 55.1 Å². The van der Waals surface area contributed by atoms with Crippen molar-refractivity contribution in [2.45, 2.75) is 20.3 Å². The van der Waals surface area contributed by atoms with Gasteiger partial charge in [-0.1, -0.05) is 44.2 Å². The summed E-state index contributed by atoms with van der Waals surface area (Å²) in [6.45, 7) is 4.00. The quantitative estimate of drug-likeness (QED) is 0.762. The number of amides is 1. The molecule has 0 aliphatic rings. The molecule has 0 radical (unpaired) electrons. The van der Waals surface area contributed by atoms with Crippen LogP contribution >= 0.6 is 12.2 Å². The Bertz CT molecular complexity index is 321. The Kier molecular flexibility index (Phi) is 7.18. The van der Waals surface area contributed by atoms with Crippen LogP contribution in [0.3, 0.4) is 0 Å². The maximum Gasteiger partial charge on any atom is 0.230 e. The Morgan fingerprint density at radius 1 is 1.40 bits per heavy atom. The molecule has 0 aliphatic carbocycles. The molecule has 0 atom stereocenters. The van der Waals surface area contributed by atoms with Crippen molar-refractivity contribution >= 4 is 23.2 Å². The summed E-state index contributed by atoms with van der Waals surface area (Å²) in [5, 5.41) is 2.38. The zero-order valence-electron chi connectivity index (χ0n) is 8.99. The number of nitrogens with two attached hydrogens (primary N) is 1. The van der Waals surface area contributed by atoms with E-state index in [0.29, 0.717) is 6.42 Å². The molecule has 0 spiro atoms. The van der Waals surface area contributed by atoms with Crippen LogP contribution in [-0.2, 0) is 11.2 Å². The summed E-state index contributed by atoms with van der Waals surface area (Å²) in [7, 11) is 0. The predicted octanol–water partition coefficient (Wildman–Crippen LogP) is 2.11.